The highest BCUT2D eigenvalue weighted by Crippen LogP contribution is 2.17. The van der Waals surface area contributed by atoms with Crippen molar-refractivity contribution in [1.82, 2.24) is 15.5 Å². The summed E-state index contributed by atoms with van der Waals surface area (Å²) >= 11 is 0. The second-order valence-corrected chi connectivity index (χ2v) is 5.56. The molecule has 3 rings (SSSR count). The monoisotopic (exact) mass is 339 g/mol. The maximum absolute atomic E-state index is 13.5. The molecule has 1 aromatic heterocycles. The molecule has 1 heterocycles. The molecule has 6 heteroatoms. The summed E-state index contributed by atoms with van der Waals surface area (Å²) in [4.78, 5) is 11.9. The molecular weight excluding hydrogens is 321 g/mol. The average molecular weight is 339 g/mol. The Morgan fingerprint density at radius 1 is 1.00 bits per heavy atom. The highest BCUT2D eigenvalue weighted by atomic mass is 19.1. The van der Waals surface area contributed by atoms with Gasteiger partial charge in [0.1, 0.15) is 5.82 Å². The van der Waals surface area contributed by atoms with Gasteiger partial charge in [0.25, 0.3) is 0 Å². The number of aryl methyl sites for hydroxylation is 1. The summed E-state index contributed by atoms with van der Waals surface area (Å²) in [7, 11) is 0. The van der Waals surface area contributed by atoms with Gasteiger partial charge in [0, 0.05) is 24.9 Å². The van der Waals surface area contributed by atoms with E-state index >= 15 is 0 Å². The van der Waals surface area contributed by atoms with Gasteiger partial charge in [0.05, 0.1) is 0 Å². The van der Waals surface area contributed by atoms with Gasteiger partial charge in [0.2, 0.25) is 17.7 Å². The fourth-order valence-electron chi connectivity index (χ4n) is 2.40. The van der Waals surface area contributed by atoms with Crippen molar-refractivity contribution in [3.05, 3.63) is 71.9 Å². The number of carbonyl (C=O) groups excluding carboxylic acids is 1. The SMILES string of the molecule is O=C(CCc1nnc(-c2ccccc2)o1)NCCc1ccccc1F. The number of aromatic nitrogens is 2. The molecule has 3 aromatic rings. The summed E-state index contributed by atoms with van der Waals surface area (Å²) < 4.78 is 19.0. The van der Waals surface area contributed by atoms with E-state index in [-0.39, 0.29) is 18.1 Å². The molecule has 25 heavy (non-hydrogen) atoms. The molecule has 0 fully saturated rings. The van der Waals surface area contributed by atoms with Gasteiger partial charge in [-0.05, 0) is 30.2 Å². The van der Waals surface area contributed by atoms with Gasteiger partial charge in [-0.1, -0.05) is 36.4 Å². The molecule has 0 unspecified atom stereocenters. The Kier molecular flexibility index (Phi) is 5.51. The van der Waals surface area contributed by atoms with Crippen molar-refractivity contribution in [3.63, 3.8) is 0 Å². The first-order valence-corrected chi connectivity index (χ1v) is 8.10. The van der Waals surface area contributed by atoms with Crippen LogP contribution < -0.4 is 5.32 Å². The van der Waals surface area contributed by atoms with Crippen molar-refractivity contribution in [2.75, 3.05) is 6.54 Å². The number of hydrogen-bond donors (Lipinski definition) is 1. The third-order valence-electron chi connectivity index (χ3n) is 3.73. The summed E-state index contributed by atoms with van der Waals surface area (Å²) in [5, 5.41) is 10.7. The molecule has 2 aromatic carbocycles. The maximum atomic E-state index is 13.5. The van der Waals surface area contributed by atoms with Gasteiger partial charge in [-0.3, -0.25) is 4.79 Å². The number of halogens is 1. The van der Waals surface area contributed by atoms with Gasteiger partial charge < -0.3 is 9.73 Å². The number of benzene rings is 2. The molecule has 128 valence electrons. The molecule has 1 N–H and O–H groups in total. The molecule has 0 spiro atoms. The third-order valence-corrected chi connectivity index (χ3v) is 3.73. The second-order valence-electron chi connectivity index (χ2n) is 5.56. The van der Waals surface area contributed by atoms with Crippen LogP contribution in [-0.2, 0) is 17.6 Å². The lowest BCUT2D eigenvalue weighted by molar-refractivity contribution is -0.121. The van der Waals surface area contributed by atoms with E-state index in [9.17, 15) is 9.18 Å². The summed E-state index contributed by atoms with van der Waals surface area (Å²) in [6, 6.07) is 16.0. The number of carbonyl (C=O) groups is 1. The number of amides is 1. The summed E-state index contributed by atoms with van der Waals surface area (Å²) in [5.41, 5.74) is 1.43. The molecule has 0 saturated carbocycles. The van der Waals surface area contributed by atoms with Crippen molar-refractivity contribution in [3.8, 4) is 11.5 Å². The quantitative estimate of drug-likeness (QED) is 0.718. The minimum Gasteiger partial charge on any atom is -0.421 e. The lowest BCUT2D eigenvalue weighted by atomic mass is 10.1. The largest absolute Gasteiger partial charge is 0.421 e. The van der Waals surface area contributed by atoms with Crippen molar-refractivity contribution < 1.29 is 13.6 Å². The first-order valence-electron chi connectivity index (χ1n) is 8.10. The average Bonchev–Trinajstić information content (AvgIpc) is 3.11. The van der Waals surface area contributed by atoms with E-state index in [1.807, 2.05) is 30.3 Å². The van der Waals surface area contributed by atoms with Gasteiger partial charge in [-0.15, -0.1) is 10.2 Å². The van der Waals surface area contributed by atoms with Gasteiger partial charge >= 0.3 is 0 Å². The van der Waals surface area contributed by atoms with Crippen LogP contribution in [0.4, 0.5) is 4.39 Å². The Bertz CT molecular complexity index is 833. The Hall–Kier alpha value is -3.02. The van der Waals surface area contributed by atoms with Crippen LogP contribution in [0.2, 0.25) is 0 Å². The van der Waals surface area contributed by atoms with E-state index in [2.05, 4.69) is 15.5 Å². The van der Waals surface area contributed by atoms with Gasteiger partial charge in [0.15, 0.2) is 0 Å². The Morgan fingerprint density at radius 3 is 2.56 bits per heavy atom. The second kappa shape index (κ2) is 8.19. The van der Waals surface area contributed by atoms with Gasteiger partial charge in [-0.2, -0.15) is 0 Å². The van der Waals surface area contributed by atoms with E-state index in [1.165, 1.54) is 6.07 Å². The molecule has 0 saturated heterocycles. The predicted molar refractivity (Wildman–Crippen MR) is 91.2 cm³/mol. The zero-order valence-corrected chi connectivity index (χ0v) is 13.6. The molecule has 0 aliphatic rings. The fourth-order valence-corrected chi connectivity index (χ4v) is 2.40. The minimum absolute atomic E-state index is 0.129. The molecule has 0 radical (unpaired) electrons. The van der Waals surface area contributed by atoms with Crippen LogP contribution in [0.15, 0.2) is 59.0 Å². The lowest BCUT2D eigenvalue weighted by Crippen LogP contribution is -2.26. The fraction of sp³-hybridized carbons (Fsp3) is 0.211. The van der Waals surface area contributed by atoms with Crippen LogP contribution in [0.5, 0.6) is 0 Å². The van der Waals surface area contributed by atoms with Crippen LogP contribution >= 0.6 is 0 Å². The molecular formula is C19H18FN3O2. The Labute approximate surface area is 144 Å². The normalized spacial score (nSPS) is 10.6. The number of nitrogens with one attached hydrogen (secondary N) is 1. The van der Waals surface area contributed by atoms with Crippen LogP contribution in [0.1, 0.15) is 17.9 Å². The van der Waals surface area contributed by atoms with Crippen molar-refractivity contribution in [2.24, 2.45) is 0 Å². The Balaban J connectivity index is 1.44. The number of nitrogens with zero attached hydrogens (tertiary/aromatic N) is 2. The van der Waals surface area contributed by atoms with E-state index in [0.717, 1.165) is 5.56 Å². The number of rotatable bonds is 7. The smallest absolute Gasteiger partial charge is 0.247 e. The number of hydrogen-bond acceptors (Lipinski definition) is 4. The minimum atomic E-state index is -0.254. The Morgan fingerprint density at radius 2 is 1.76 bits per heavy atom. The molecule has 0 atom stereocenters. The zero-order chi connectivity index (χ0) is 17.5. The summed E-state index contributed by atoms with van der Waals surface area (Å²) in [6.45, 7) is 0.388. The van der Waals surface area contributed by atoms with Crippen LogP contribution in [0, 0.1) is 5.82 Å². The molecule has 0 aliphatic carbocycles. The summed E-state index contributed by atoms with van der Waals surface area (Å²) in [5.74, 6) is 0.477. The molecule has 0 aliphatic heterocycles. The third kappa shape index (κ3) is 4.73. The maximum Gasteiger partial charge on any atom is 0.247 e. The molecule has 5 nitrogen and oxygen atoms in total. The highest BCUT2D eigenvalue weighted by Gasteiger charge is 2.10. The van der Waals surface area contributed by atoms with Crippen LogP contribution in [0.3, 0.4) is 0 Å². The van der Waals surface area contributed by atoms with Crippen LogP contribution in [0.25, 0.3) is 11.5 Å². The first kappa shape index (κ1) is 16.8. The predicted octanol–water partition coefficient (Wildman–Crippen LogP) is 3.17. The lowest BCUT2D eigenvalue weighted by Gasteiger charge is -2.05. The van der Waals surface area contributed by atoms with E-state index in [1.54, 1.807) is 18.2 Å². The van der Waals surface area contributed by atoms with E-state index in [0.29, 0.717) is 36.7 Å². The van der Waals surface area contributed by atoms with Crippen molar-refractivity contribution in [1.29, 1.82) is 0 Å². The zero-order valence-electron chi connectivity index (χ0n) is 13.6. The van der Waals surface area contributed by atoms with Crippen molar-refractivity contribution in [2.45, 2.75) is 19.3 Å². The van der Waals surface area contributed by atoms with Gasteiger partial charge in [-0.25, -0.2) is 4.39 Å². The van der Waals surface area contributed by atoms with Crippen molar-refractivity contribution >= 4 is 5.91 Å². The first-order chi connectivity index (χ1) is 12.2. The van der Waals surface area contributed by atoms with E-state index < -0.39 is 0 Å². The standard InChI is InChI=1S/C19H18FN3O2/c20-16-9-5-4-6-14(16)12-13-21-17(24)10-11-18-22-23-19(25-18)15-7-2-1-3-8-15/h1-9H,10-13H2,(H,21,24). The molecule has 0 bridgehead atoms. The summed E-state index contributed by atoms with van der Waals surface area (Å²) in [6.07, 6.45) is 1.07. The molecule has 1 amide bonds. The van der Waals surface area contributed by atoms with E-state index in [4.69, 9.17) is 4.42 Å². The van der Waals surface area contributed by atoms with Crippen LogP contribution in [-0.4, -0.2) is 22.6 Å². The highest BCUT2D eigenvalue weighted by molar-refractivity contribution is 5.76. The topological polar surface area (TPSA) is 68.0 Å².